The van der Waals surface area contributed by atoms with Crippen LogP contribution in [0.2, 0.25) is 0 Å². The molecule has 0 unspecified atom stereocenters. The van der Waals surface area contributed by atoms with Crippen LogP contribution < -0.4 is 0 Å². The second-order valence-electron chi connectivity index (χ2n) is 3.87. The van der Waals surface area contributed by atoms with Gasteiger partial charge in [0.2, 0.25) is 5.76 Å². The highest BCUT2D eigenvalue weighted by molar-refractivity contribution is 7.99. The lowest BCUT2D eigenvalue weighted by Crippen LogP contribution is -1.91. The summed E-state index contributed by atoms with van der Waals surface area (Å²) in [6.45, 7) is 0. The molecule has 7 heteroatoms. The second-order valence-corrected chi connectivity index (χ2v) is 4.86. The number of rotatable bonds is 3. The predicted octanol–water partition coefficient (Wildman–Crippen LogP) is 2.41. The van der Waals surface area contributed by atoms with Gasteiger partial charge in [-0.25, -0.2) is 14.8 Å². The zero-order chi connectivity index (χ0) is 13.4. The fourth-order valence-electron chi connectivity index (χ4n) is 1.70. The lowest BCUT2D eigenvalue weighted by Gasteiger charge is -1.99. The van der Waals surface area contributed by atoms with Crippen LogP contribution >= 0.6 is 11.8 Å². The molecule has 0 amide bonds. The van der Waals surface area contributed by atoms with E-state index in [2.05, 4.69) is 9.97 Å². The van der Waals surface area contributed by atoms with E-state index in [1.54, 1.807) is 18.6 Å². The van der Waals surface area contributed by atoms with Crippen LogP contribution in [0.3, 0.4) is 0 Å². The Morgan fingerprint density at radius 2 is 2.21 bits per heavy atom. The Morgan fingerprint density at radius 3 is 2.95 bits per heavy atom. The van der Waals surface area contributed by atoms with Crippen LogP contribution in [0, 0.1) is 0 Å². The molecule has 3 heterocycles. The van der Waals surface area contributed by atoms with Crippen molar-refractivity contribution in [3.63, 3.8) is 0 Å². The molecule has 0 saturated carbocycles. The third-order valence-corrected chi connectivity index (χ3v) is 3.51. The molecule has 0 aliphatic carbocycles. The summed E-state index contributed by atoms with van der Waals surface area (Å²) in [6.07, 6.45) is 3.40. The average molecular weight is 275 g/mol. The van der Waals surface area contributed by atoms with Crippen LogP contribution in [0.1, 0.15) is 10.6 Å². The Balaban J connectivity index is 1.98. The number of nitrogens with zero attached hydrogens (tertiary/aromatic N) is 3. The molecule has 19 heavy (non-hydrogen) atoms. The summed E-state index contributed by atoms with van der Waals surface area (Å²) in [5.41, 5.74) is 1.73. The number of carboxylic acids is 1. The third kappa shape index (κ3) is 2.08. The Bertz CT molecular complexity index is 763. The van der Waals surface area contributed by atoms with Gasteiger partial charge in [-0.05, 0) is 30.0 Å². The van der Waals surface area contributed by atoms with Gasteiger partial charge in [-0.2, -0.15) is 0 Å². The molecule has 96 valence electrons. The van der Waals surface area contributed by atoms with E-state index in [-0.39, 0.29) is 5.76 Å². The van der Waals surface area contributed by atoms with Gasteiger partial charge in [-0.15, -0.1) is 0 Å². The van der Waals surface area contributed by atoms with Gasteiger partial charge in [0, 0.05) is 13.2 Å². The molecule has 0 atom stereocenters. The molecule has 0 aromatic carbocycles. The van der Waals surface area contributed by atoms with Gasteiger partial charge in [-0.3, -0.25) is 0 Å². The zero-order valence-electron chi connectivity index (χ0n) is 9.90. The highest BCUT2D eigenvalue weighted by atomic mass is 32.2. The Hall–Kier alpha value is -2.28. The van der Waals surface area contributed by atoms with Gasteiger partial charge < -0.3 is 14.1 Å². The normalized spacial score (nSPS) is 11.0. The molecule has 0 bridgehead atoms. The van der Waals surface area contributed by atoms with E-state index in [4.69, 9.17) is 9.52 Å². The number of hydrogen-bond donors (Lipinski definition) is 1. The number of pyridine rings is 1. The number of furan rings is 1. The van der Waals surface area contributed by atoms with E-state index in [0.29, 0.717) is 10.1 Å². The first-order valence-corrected chi connectivity index (χ1v) is 6.24. The number of carboxylic acid groups (broad SMARTS) is 1. The lowest BCUT2D eigenvalue weighted by atomic mass is 10.4. The molecule has 0 fully saturated rings. The number of aromatic carboxylic acids is 1. The van der Waals surface area contributed by atoms with Gasteiger partial charge in [-0.1, -0.05) is 0 Å². The summed E-state index contributed by atoms with van der Waals surface area (Å²) >= 11 is 1.25. The summed E-state index contributed by atoms with van der Waals surface area (Å²) in [4.78, 5) is 19.3. The molecule has 0 aliphatic rings. The van der Waals surface area contributed by atoms with Gasteiger partial charge in [0.1, 0.15) is 10.5 Å². The molecule has 0 radical (unpaired) electrons. The van der Waals surface area contributed by atoms with Gasteiger partial charge in [0.25, 0.3) is 0 Å². The minimum Gasteiger partial charge on any atom is -0.475 e. The van der Waals surface area contributed by atoms with E-state index < -0.39 is 5.97 Å². The highest BCUT2D eigenvalue weighted by Crippen LogP contribution is 2.31. The highest BCUT2D eigenvalue weighted by Gasteiger charge is 2.13. The SMILES string of the molecule is Cn1cnc2c(Sc3ccc(C(=O)O)o3)nccc21. The van der Waals surface area contributed by atoms with Gasteiger partial charge >= 0.3 is 5.97 Å². The summed E-state index contributed by atoms with van der Waals surface area (Å²) in [7, 11) is 1.90. The first kappa shape index (κ1) is 11.8. The van der Waals surface area contributed by atoms with Crippen LogP contribution in [0.5, 0.6) is 0 Å². The molecule has 0 saturated heterocycles. The van der Waals surface area contributed by atoms with Crippen molar-refractivity contribution < 1.29 is 14.3 Å². The van der Waals surface area contributed by atoms with Crippen LogP contribution in [-0.4, -0.2) is 25.6 Å². The minimum absolute atomic E-state index is 0.0873. The van der Waals surface area contributed by atoms with Gasteiger partial charge in [0.15, 0.2) is 5.09 Å². The number of fused-ring (bicyclic) bond motifs is 1. The summed E-state index contributed by atoms with van der Waals surface area (Å²) in [5.74, 6) is -1.17. The van der Waals surface area contributed by atoms with E-state index in [1.165, 1.54) is 17.8 Å². The first-order chi connectivity index (χ1) is 9.15. The summed E-state index contributed by atoms with van der Waals surface area (Å²) in [5, 5.41) is 9.96. The second kappa shape index (κ2) is 4.43. The van der Waals surface area contributed by atoms with Crippen LogP contribution in [0.4, 0.5) is 0 Å². The first-order valence-electron chi connectivity index (χ1n) is 5.42. The van der Waals surface area contributed by atoms with Crippen molar-refractivity contribution in [3.05, 3.63) is 36.5 Å². The van der Waals surface area contributed by atoms with Crippen LogP contribution in [0.15, 0.2) is 45.3 Å². The number of carbonyl (C=O) groups is 1. The summed E-state index contributed by atoms with van der Waals surface area (Å²) < 4.78 is 7.09. The fourth-order valence-corrected chi connectivity index (χ4v) is 2.52. The lowest BCUT2D eigenvalue weighted by molar-refractivity contribution is 0.0656. The number of aryl methyl sites for hydroxylation is 1. The van der Waals surface area contributed by atoms with E-state index >= 15 is 0 Å². The predicted molar refractivity (Wildman–Crippen MR) is 68.3 cm³/mol. The van der Waals surface area contributed by atoms with Crippen molar-refractivity contribution in [2.24, 2.45) is 7.05 Å². The quantitative estimate of drug-likeness (QED) is 0.790. The smallest absolute Gasteiger partial charge is 0.371 e. The summed E-state index contributed by atoms with van der Waals surface area (Å²) in [6, 6.07) is 4.90. The van der Waals surface area contributed by atoms with E-state index in [9.17, 15) is 4.79 Å². The molecular formula is C12H9N3O3S. The molecule has 3 rings (SSSR count). The number of imidazole rings is 1. The number of hydrogen-bond acceptors (Lipinski definition) is 5. The van der Waals surface area contributed by atoms with Crippen LogP contribution in [-0.2, 0) is 7.05 Å². The van der Waals surface area contributed by atoms with Crippen molar-refractivity contribution in [1.82, 2.24) is 14.5 Å². The molecule has 0 aliphatic heterocycles. The molecule has 3 aromatic rings. The van der Waals surface area contributed by atoms with Crippen molar-refractivity contribution in [3.8, 4) is 0 Å². The molecule has 0 spiro atoms. The van der Waals surface area contributed by atoms with Crippen molar-refractivity contribution in [1.29, 1.82) is 0 Å². The van der Waals surface area contributed by atoms with Crippen LogP contribution in [0.25, 0.3) is 11.0 Å². The molecule has 1 N–H and O–H groups in total. The van der Waals surface area contributed by atoms with Crippen molar-refractivity contribution >= 4 is 28.8 Å². The van der Waals surface area contributed by atoms with Gasteiger partial charge in [0.05, 0.1) is 11.8 Å². The fraction of sp³-hybridized carbons (Fsp3) is 0.0833. The Morgan fingerprint density at radius 1 is 1.37 bits per heavy atom. The minimum atomic E-state index is -1.09. The molecule has 6 nitrogen and oxygen atoms in total. The number of aromatic nitrogens is 3. The average Bonchev–Trinajstić information content (AvgIpc) is 2.98. The third-order valence-electron chi connectivity index (χ3n) is 2.60. The maximum absolute atomic E-state index is 10.7. The Labute approximate surface area is 112 Å². The van der Waals surface area contributed by atoms with Crippen molar-refractivity contribution in [2.45, 2.75) is 10.1 Å². The maximum atomic E-state index is 10.7. The monoisotopic (exact) mass is 275 g/mol. The maximum Gasteiger partial charge on any atom is 0.371 e. The van der Waals surface area contributed by atoms with Crippen molar-refractivity contribution in [2.75, 3.05) is 0 Å². The largest absolute Gasteiger partial charge is 0.475 e. The van der Waals surface area contributed by atoms with E-state index in [1.807, 2.05) is 17.7 Å². The Kier molecular flexibility index (Phi) is 2.75. The topological polar surface area (TPSA) is 81.2 Å². The zero-order valence-corrected chi connectivity index (χ0v) is 10.7. The van der Waals surface area contributed by atoms with E-state index in [0.717, 1.165) is 11.0 Å². The molecular weight excluding hydrogens is 266 g/mol. The molecule has 3 aromatic heterocycles. The standard InChI is InChI=1S/C12H9N3O3S/c1-15-6-14-10-7(15)4-5-13-11(10)19-9-3-2-8(18-9)12(16)17/h2-6H,1H3,(H,16,17).